The van der Waals surface area contributed by atoms with Crippen LogP contribution in [0.15, 0.2) is 55.1 Å². The van der Waals surface area contributed by atoms with Crippen LogP contribution in [0.4, 0.5) is 0 Å². The number of hydrogen-bond donors (Lipinski definition) is 0. The van der Waals surface area contributed by atoms with E-state index in [0.717, 1.165) is 12.7 Å². The van der Waals surface area contributed by atoms with Gasteiger partial charge in [-0.25, -0.2) is 0 Å². The molecule has 1 aromatic carbocycles. The first kappa shape index (κ1) is 14.4. The van der Waals surface area contributed by atoms with Gasteiger partial charge < -0.3 is 9.53 Å². The largest absolute Gasteiger partial charge is 0.376 e. The topological polar surface area (TPSA) is 26.3 Å². The van der Waals surface area contributed by atoms with Gasteiger partial charge in [0.2, 0.25) is 0 Å². The molecule has 0 amide bonds. The molecule has 0 aromatic heterocycles. The molecule has 0 fully saturated rings. The van der Waals surface area contributed by atoms with Crippen LogP contribution in [-0.4, -0.2) is 12.9 Å². The highest BCUT2D eigenvalue weighted by atomic mass is 16.5. The van der Waals surface area contributed by atoms with Crippen molar-refractivity contribution in [2.45, 2.75) is 19.4 Å². The van der Waals surface area contributed by atoms with E-state index in [4.69, 9.17) is 4.74 Å². The Morgan fingerprint density at radius 1 is 1.28 bits per heavy atom. The van der Waals surface area contributed by atoms with Gasteiger partial charge in [-0.3, -0.25) is 0 Å². The standard InChI is InChI=1S/C16H20O2/c1-2-3-8-15(11-7-12-17)13-18-14-16-9-5-4-6-10-16/h2-6,8-10,12,15H,1,7,11,13-14H2/b8-3+. The number of aldehydes is 1. The quantitative estimate of drug-likeness (QED) is 0.490. The van der Waals surface area contributed by atoms with Crippen molar-refractivity contribution < 1.29 is 9.53 Å². The van der Waals surface area contributed by atoms with E-state index in [9.17, 15) is 4.79 Å². The number of carbonyl (C=O) groups excluding carboxylic acids is 1. The predicted molar refractivity (Wildman–Crippen MR) is 74.2 cm³/mol. The monoisotopic (exact) mass is 244 g/mol. The highest BCUT2D eigenvalue weighted by molar-refractivity contribution is 5.49. The van der Waals surface area contributed by atoms with Gasteiger partial charge in [0.05, 0.1) is 13.2 Å². The van der Waals surface area contributed by atoms with E-state index in [0.29, 0.717) is 19.6 Å². The van der Waals surface area contributed by atoms with Crippen LogP contribution in [-0.2, 0) is 16.1 Å². The minimum absolute atomic E-state index is 0.275. The average Bonchev–Trinajstić information content (AvgIpc) is 2.42. The van der Waals surface area contributed by atoms with Crippen molar-refractivity contribution in [1.82, 2.24) is 0 Å². The van der Waals surface area contributed by atoms with Crippen molar-refractivity contribution in [2.24, 2.45) is 5.92 Å². The maximum Gasteiger partial charge on any atom is 0.120 e. The fourth-order valence-electron chi connectivity index (χ4n) is 1.66. The first-order chi connectivity index (χ1) is 8.86. The van der Waals surface area contributed by atoms with Gasteiger partial charge in [-0.2, -0.15) is 0 Å². The molecular weight excluding hydrogens is 224 g/mol. The summed E-state index contributed by atoms with van der Waals surface area (Å²) in [6.07, 6.45) is 8.03. The second-order valence-corrected chi connectivity index (χ2v) is 4.13. The molecule has 0 spiro atoms. The second-order valence-electron chi connectivity index (χ2n) is 4.13. The molecule has 0 aliphatic rings. The number of ether oxygens (including phenoxy) is 1. The molecular formula is C16H20O2. The van der Waals surface area contributed by atoms with Crippen LogP contribution in [0.2, 0.25) is 0 Å². The van der Waals surface area contributed by atoms with E-state index in [1.54, 1.807) is 6.08 Å². The van der Waals surface area contributed by atoms with Crippen molar-refractivity contribution in [3.05, 3.63) is 60.7 Å². The Kier molecular flexibility index (Phi) is 7.49. The summed E-state index contributed by atoms with van der Waals surface area (Å²) >= 11 is 0. The fraction of sp³-hybridized carbons (Fsp3) is 0.312. The molecule has 0 aliphatic carbocycles. The highest BCUT2D eigenvalue weighted by Crippen LogP contribution is 2.10. The lowest BCUT2D eigenvalue weighted by molar-refractivity contribution is -0.108. The maximum atomic E-state index is 10.4. The van der Waals surface area contributed by atoms with Crippen molar-refractivity contribution >= 4 is 6.29 Å². The van der Waals surface area contributed by atoms with Gasteiger partial charge in [-0.05, 0) is 12.0 Å². The molecule has 1 unspecified atom stereocenters. The summed E-state index contributed by atoms with van der Waals surface area (Å²) in [6.45, 7) is 4.89. The van der Waals surface area contributed by atoms with Crippen LogP contribution in [0.25, 0.3) is 0 Å². The molecule has 96 valence electrons. The molecule has 1 rings (SSSR count). The minimum Gasteiger partial charge on any atom is -0.376 e. The van der Waals surface area contributed by atoms with Crippen LogP contribution < -0.4 is 0 Å². The van der Waals surface area contributed by atoms with Gasteiger partial charge in [0.25, 0.3) is 0 Å². The Hall–Kier alpha value is -1.67. The third kappa shape index (κ3) is 6.16. The van der Waals surface area contributed by atoms with Crippen molar-refractivity contribution in [2.75, 3.05) is 6.61 Å². The van der Waals surface area contributed by atoms with E-state index < -0.39 is 0 Å². The van der Waals surface area contributed by atoms with E-state index >= 15 is 0 Å². The zero-order chi connectivity index (χ0) is 13.1. The van der Waals surface area contributed by atoms with Gasteiger partial charge in [-0.15, -0.1) is 0 Å². The van der Waals surface area contributed by atoms with E-state index in [1.807, 2.05) is 42.5 Å². The van der Waals surface area contributed by atoms with E-state index in [-0.39, 0.29) is 5.92 Å². The summed E-state index contributed by atoms with van der Waals surface area (Å²) in [5.41, 5.74) is 1.17. The molecule has 0 bridgehead atoms. The SMILES string of the molecule is C=C/C=C/C(CCC=O)COCc1ccccc1. The summed E-state index contributed by atoms with van der Waals surface area (Å²) in [5, 5.41) is 0. The fourth-order valence-corrected chi connectivity index (χ4v) is 1.66. The molecule has 2 nitrogen and oxygen atoms in total. The van der Waals surface area contributed by atoms with E-state index in [2.05, 4.69) is 6.58 Å². The third-order valence-corrected chi connectivity index (χ3v) is 2.62. The first-order valence-electron chi connectivity index (χ1n) is 6.21. The molecule has 2 heteroatoms. The molecule has 1 atom stereocenters. The molecule has 0 N–H and O–H groups in total. The van der Waals surface area contributed by atoms with E-state index in [1.165, 1.54) is 5.56 Å². The van der Waals surface area contributed by atoms with Crippen LogP contribution in [0, 0.1) is 5.92 Å². The summed E-state index contributed by atoms with van der Waals surface area (Å²) < 4.78 is 5.67. The minimum atomic E-state index is 0.275. The smallest absolute Gasteiger partial charge is 0.120 e. The van der Waals surface area contributed by atoms with Crippen LogP contribution in [0.1, 0.15) is 18.4 Å². The van der Waals surface area contributed by atoms with Crippen molar-refractivity contribution in [3.8, 4) is 0 Å². The Labute approximate surface area is 109 Å². The first-order valence-corrected chi connectivity index (χ1v) is 6.21. The lowest BCUT2D eigenvalue weighted by atomic mass is 10.0. The van der Waals surface area contributed by atoms with Crippen LogP contribution in [0.5, 0.6) is 0 Å². The lowest BCUT2D eigenvalue weighted by Crippen LogP contribution is -2.07. The van der Waals surface area contributed by atoms with Gasteiger partial charge in [-0.1, -0.05) is 55.1 Å². The zero-order valence-corrected chi connectivity index (χ0v) is 10.6. The van der Waals surface area contributed by atoms with Gasteiger partial charge in [0.1, 0.15) is 6.29 Å². The Morgan fingerprint density at radius 3 is 2.72 bits per heavy atom. The van der Waals surface area contributed by atoms with Crippen molar-refractivity contribution in [1.29, 1.82) is 0 Å². The molecule has 0 radical (unpaired) electrons. The number of allylic oxidation sites excluding steroid dienone is 2. The predicted octanol–water partition coefficient (Wildman–Crippen LogP) is 3.54. The summed E-state index contributed by atoms with van der Waals surface area (Å²) in [4.78, 5) is 10.4. The Bertz CT molecular complexity index is 368. The van der Waals surface area contributed by atoms with Gasteiger partial charge in [0, 0.05) is 12.3 Å². The molecule has 0 saturated heterocycles. The van der Waals surface area contributed by atoms with Gasteiger partial charge in [0.15, 0.2) is 0 Å². The Morgan fingerprint density at radius 2 is 2.06 bits per heavy atom. The summed E-state index contributed by atoms with van der Waals surface area (Å²) in [7, 11) is 0. The summed E-state index contributed by atoms with van der Waals surface area (Å²) in [6, 6.07) is 10.1. The molecule has 18 heavy (non-hydrogen) atoms. The van der Waals surface area contributed by atoms with Crippen molar-refractivity contribution in [3.63, 3.8) is 0 Å². The average molecular weight is 244 g/mol. The summed E-state index contributed by atoms with van der Waals surface area (Å²) in [5.74, 6) is 0.275. The third-order valence-electron chi connectivity index (χ3n) is 2.62. The van der Waals surface area contributed by atoms with Crippen LogP contribution >= 0.6 is 0 Å². The Balaban J connectivity index is 2.34. The zero-order valence-electron chi connectivity index (χ0n) is 10.6. The molecule has 0 aliphatic heterocycles. The molecule has 0 saturated carbocycles. The highest BCUT2D eigenvalue weighted by Gasteiger charge is 2.04. The number of hydrogen-bond acceptors (Lipinski definition) is 2. The molecule has 0 heterocycles. The van der Waals surface area contributed by atoms with Crippen LogP contribution in [0.3, 0.4) is 0 Å². The number of carbonyl (C=O) groups is 1. The number of rotatable bonds is 9. The normalized spacial score (nSPS) is 12.4. The molecule has 1 aromatic rings. The number of benzene rings is 1. The second kappa shape index (κ2) is 9.37. The lowest BCUT2D eigenvalue weighted by Gasteiger charge is -2.11. The van der Waals surface area contributed by atoms with Gasteiger partial charge >= 0.3 is 0 Å². The maximum absolute atomic E-state index is 10.4.